The van der Waals surface area contributed by atoms with Gasteiger partial charge in [0.1, 0.15) is 0 Å². The Morgan fingerprint density at radius 2 is 1.95 bits per heavy atom. The standard InChI is InChI=1S/C17H30O2/c1-12(18)8-13(2)19-17-10-14-6-4-3-5-7-15(9-14)16(17)11-17/h12-16,18H,3-11H2,1-2H3/t12-,13-,14-,15+,16?,17+/m1/s1. The van der Waals surface area contributed by atoms with Crippen molar-refractivity contribution < 1.29 is 9.84 Å². The van der Waals surface area contributed by atoms with E-state index in [1.807, 2.05) is 6.92 Å². The largest absolute Gasteiger partial charge is 0.393 e. The minimum Gasteiger partial charge on any atom is -0.393 e. The molecule has 2 nitrogen and oxygen atoms in total. The topological polar surface area (TPSA) is 29.5 Å². The van der Waals surface area contributed by atoms with Crippen LogP contribution in [-0.2, 0) is 4.74 Å². The second-order valence-electron chi connectivity index (χ2n) is 7.59. The molecule has 3 aliphatic carbocycles. The summed E-state index contributed by atoms with van der Waals surface area (Å²) in [5.74, 6) is 2.71. The maximum atomic E-state index is 9.51. The summed E-state index contributed by atoms with van der Waals surface area (Å²) in [6.45, 7) is 4.01. The average molecular weight is 266 g/mol. The van der Waals surface area contributed by atoms with Gasteiger partial charge in [0.05, 0.1) is 17.8 Å². The van der Waals surface area contributed by atoms with Crippen LogP contribution in [0.4, 0.5) is 0 Å². The van der Waals surface area contributed by atoms with E-state index in [-0.39, 0.29) is 17.8 Å². The zero-order valence-corrected chi connectivity index (χ0v) is 12.6. The molecule has 0 aromatic carbocycles. The Balaban J connectivity index is 1.62. The van der Waals surface area contributed by atoms with Gasteiger partial charge in [-0.1, -0.05) is 32.1 Å². The maximum absolute atomic E-state index is 9.51. The molecule has 0 amide bonds. The normalized spacial score (nSPS) is 44.7. The van der Waals surface area contributed by atoms with Crippen molar-refractivity contribution >= 4 is 0 Å². The van der Waals surface area contributed by atoms with Gasteiger partial charge in [0.15, 0.2) is 0 Å². The monoisotopic (exact) mass is 266 g/mol. The van der Waals surface area contributed by atoms with Crippen LogP contribution in [0.5, 0.6) is 0 Å². The van der Waals surface area contributed by atoms with Gasteiger partial charge in [0.25, 0.3) is 0 Å². The Labute approximate surface area is 117 Å². The summed E-state index contributed by atoms with van der Waals surface area (Å²) in [6.07, 6.45) is 12.0. The third kappa shape index (κ3) is 3.00. The van der Waals surface area contributed by atoms with Gasteiger partial charge in [0, 0.05) is 0 Å². The summed E-state index contributed by atoms with van der Waals surface area (Å²) in [5.41, 5.74) is 0.221. The molecule has 0 radical (unpaired) electrons. The van der Waals surface area contributed by atoms with E-state index < -0.39 is 0 Å². The molecule has 0 spiro atoms. The maximum Gasteiger partial charge on any atom is 0.0724 e. The summed E-state index contributed by atoms with van der Waals surface area (Å²) < 4.78 is 6.44. The molecule has 0 aromatic heterocycles. The van der Waals surface area contributed by atoms with Gasteiger partial charge < -0.3 is 9.84 Å². The summed E-state index contributed by atoms with van der Waals surface area (Å²) in [5, 5.41) is 9.51. The molecule has 1 N–H and O–H groups in total. The second kappa shape index (κ2) is 5.37. The van der Waals surface area contributed by atoms with Gasteiger partial charge in [-0.3, -0.25) is 0 Å². The molecule has 110 valence electrons. The lowest BCUT2D eigenvalue weighted by Gasteiger charge is -2.37. The molecule has 0 saturated heterocycles. The Morgan fingerprint density at radius 3 is 2.74 bits per heavy atom. The highest BCUT2D eigenvalue weighted by atomic mass is 16.5. The number of fused-ring (bicyclic) bond motifs is 4. The molecule has 2 bridgehead atoms. The quantitative estimate of drug-likeness (QED) is 0.836. The van der Waals surface area contributed by atoms with Crippen LogP contribution in [0.25, 0.3) is 0 Å². The molecule has 0 aromatic rings. The molecule has 1 unspecified atom stereocenters. The molecule has 0 aliphatic heterocycles. The van der Waals surface area contributed by atoms with E-state index >= 15 is 0 Å². The van der Waals surface area contributed by atoms with E-state index in [1.165, 1.54) is 51.4 Å². The van der Waals surface area contributed by atoms with Crippen LogP contribution in [0.15, 0.2) is 0 Å². The number of aliphatic hydroxyl groups is 1. The molecule has 19 heavy (non-hydrogen) atoms. The number of ether oxygens (including phenoxy) is 1. The Hall–Kier alpha value is -0.0800. The molecule has 3 aliphatic rings. The highest BCUT2D eigenvalue weighted by molar-refractivity contribution is 5.12. The predicted molar refractivity (Wildman–Crippen MR) is 77.0 cm³/mol. The summed E-state index contributed by atoms with van der Waals surface area (Å²) in [4.78, 5) is 0. The number of hydrogen-bond acceptors (Lipinski definition) is 2. The highest BCUT2D eigenvalue weighted by Gasteiger charge is 2.62. The van der Waals surface area contributed by atoms with E-state index in [9.17, 15) is 5.11 Å². The fraction of sp³-hybridized carbons (Fsp3) is 1.00. The van der Waals surface area contributed by atoms with Crippen LogP contribution in [0, 0.1) is 17.8 Å². The lowest BCUT2D eigenvalue weighted by Crippen LogP contribution is -2.35. The number of hydrogen-bond donors (Lipinski definition) is 1. The molecule has 3 rings (SSSR count). The van der Waals surface area contributed by atoms with Crippen LogP contribution >= 0.6 is 0 Å². The van der Waals surface area contributed by atoms with Gasteiger partial charge in [-0.05, 0) is 57.3 Å². The zero-order valence-electron chi connectivity index (χ0n) is 12.6. The summed E-state index contributed by atoms with van der Waals surface area (Å²) in [7, 11) is 0. The lowest BCUT2D eigenvalue weighted by atomic mass is 9.74. The Bertz CT molecular complexity index is 314. The predicted octanol–water partition coefficient (Wildman–Crippen LogP) is 3.91. The first-order chi connectivity index (χ1) is 9.09. The smallest absolute Gasteiger partial charge is 0.0724 e. The van der Waals surface area contributed by atoms with E-state index in [2.05, 4.69) is 6.92 Å². The van der Waals surface area contributed by atoms with Gasteiger partial charge in [0.2, 0.25) is 0 Å². The molecular formula is C17H30O2. The van der Waals surface area contributed by atoms with Gasteiger partial charge >= 0.3 is 0 Å². The van der Waals surface area contributed by atoms with E-state index in [0.717, 1.165) is 24.2 Å². The van der Waals surface area contributed by atoms with Crippen LogP contribution in [0.2, 0.25) is 0 Å². The molecule has 0 heterocycles. The van der Waals surface area contributed by atoms with Crippen molar-refractivity contribution in [2.45, 2.75) is 89.4 Å². The van der Waals surface area contributed by atoms with Crippen LogP contribution in [0.3, 0.4) is 0 Å². The minimum atomic E-state index is -0.238. The van der Waals surface area contributed by atoms with Gasteiger partial charge in [-0.25, -0.2) is 0 Å². The Kier molecular flexibility index (Phi) is 3.92. The van der Waals surface area contributed by atoms with Crippen molar-refractivity contribution in [1.29, 1.82) is 0 Å². The van der Waals surface area contributed by atoms with Crippen LogP contribution in [0.1, 0.15) is 71.6 Å². The van der Waals surface area contributed by atoms with Crippen molar-refractivity contribution in [3.63, 3.8) is 0 Å². The lowest BCUT2D eigenvalue weighted by molar-refractivity contribution is -0.0790. The Morgan fingerprint density at radius 1 is 1.16 bits per heavy atom. The third-order valence-corrected chi connectivity index (χ3v) is 5.72. The van der Waals surface area contributed by atoms with Crippen LogP contribution in [-0.4, -0.2) is 22.9 Å². The number of aliphatic hydroxyl groups excluding tert-OH is 1. The first-order valence-electron chi connectivity index (χ1n) is 8.45. The van der Waals surface area contributed by atoms with Crippen molar-refractivity contribution in [1.82, 2.24) is 0 Å². The first kappa shape index (κ1) is 13.9. The fourth-order valence-corrected chi connectivity index (χ4v) is 4.98. The van der Waals surface area contributed by atoms with E-state index in [4.69, 9.17) is 4.74 Å². The van der Waals surface area contributed by atoms with Gasteiger partial charge in [-0.15, -0.1) is 0 Å². The van der Waals surface area contributed by atoms with Crippen molar-refractivity contribution in [3.8, 4) is 0 Å². The molecule has 6 atom stereocenters. The summed E-state index contributed by atoms with van der Waals surface area (Å²) >= 11 is 0. The van der Waals surface area contributed by atoms with Crippen molar-refractivity contribution in [2.24, 2.45) is 17.8 Å². The molecule has 3 fully saturated rings. The van der Waals surface area contributed by atoms with Crippen LogP contribution < -0.4 is 0 Å². The number of rotatable bonds is 4. The minimum absolute atomic E-state index is 0.215. The molecule has 3 saturated carbocycles. The summed E-state index contributed by atoms with van der Waals surface area (Å²) in [6, 6.07) is 0. The highest BCUT2D eigenvalue weighted by Crippen LogP contribution is 2.62. The average Bonchev–Trinajstić information content (AvgIpc) is 2.97. The SMILES string of the molecule is C[C@H](C[C@@H](C)O)O[C@@]12CC1[C@H]1CCCCC[C@H](C1)C2. The van der Waals surface area contributed by atoms with Crippen molar-refractivity contribution in [3.05, 3.63) is 0 Å². The van der Waals surface area contributed by atoms with Crippen molar-refractivity contribution in [2.75, 3.05) is 0 Å². The zero-order chi connectivity index (χ0) is 13.5. The second-order valence-corrected chi connectivity index (χ2v) is 7.59. The molecular weight excluding hydrogens is 236 g/mol. The van der Waals surface area contributed by atoms with E-state index in [0.29, 0.717) is 0 Å². The van der Waals surface area contributed by atoms with Gasteiger partial charge in [-0.2, -0.15) is 0 Å². The fourth-order valence-electron chi connectivity index (χ4n) is 4.98. The molecule has 2 heteroatoms. The first-order valence-corrected chi connectivity index (χ1v) is 8.45. The van der Waals surface area contributed by atoms with E-state index in [1.54, 1.807) is 0 Å². The third-order valence-electron chi connectivity index (χ3n) is 5.72.